The largest absolute Gasteiger partial charge is 0.494 e. The molecular weight excluding hydrogens is 815 g/mol. The van der Waals surface area contributed by atoms with E-state index in [1.807, 2.05) is 26.0 Å². The number of carbonyl (C=O) groups excluding carboxylic acids is 4. The fourth-order valence-electron chi connectivity index (χ4n) is 8.52. The lowest BCUT2D eigenvalue weighted by molar-refractivity contribution is -0.257. The van der Waals surface area contributed by atoms with E-state index in [0.717, 1.165) is 13.8 Å². The number of carbonyl (C=O) groups is 4. The van der Waals surface area contributed by atoms with Crippen LogP contribution in [0.2, 0.25) is 5.02 Å². The van der Waals surface area contributed by atoms with E-state index < -0.39 is 91.8 Å². The van der Waals surface area contributed by atoms with Gasteiger partial charge in [-0.2, -0.15) is 13.2 Å². The number of halogens is 4. The summed E-state index contributed by atoms with van der Waals surface area (Å²) >= 11 is 6.54. The molecule has 17 heteroatoms. The Kier molecular flexibility index (Phi) is 12.5. The van der Waals surface area contributed by atoms with Crippen LogP contribution >= 0.6 is 11.6 Å². The van der Waals surface area contributed by atoms with Crippen LogP contribution in [0.5, 0.6) is 11.6 Å². The van der Waals surface area contributed by atoms with Crippen molar-refractivity contribution >= 4 is 56.0 Å². The molecule has 1 N–H and O–H groups in total. The fraction of sp³-hybridized carbons (Fsp3) is 0.643. The number of allylic oxidation sites excluding steroid dienone is 2. The molecule has 59 heavy (non-hydrogen) atoms. The van der Waals surface area contributed by atoms with Crippen molar-refractivity contribution in [3.05, 3.63) is 41.6 Å². The van der Waals surface area contributed by atoms with Gasteiger partial charge in [0, 0.05) is 23.6 Å². The number of Topliss-reactive ketones (excluding diaryl/α,β-unsaturated/α-hetero) is 1. The Morgan fingerprint density at radius 1 is 1.14 bits per heavy atom. The third-order valence-electron chi connectivity index (χ3n) is 12.9. The summed E-state index contributed by atoms with van der Waals surface area (Å²) in [6.45, 7) is 6.71. The minimum atomic E-state index is -4.87. The van der Waals surface area contributed by atoms with Gasteiger partial charge in [0.1, 0.15) is 11.9 Å². The number of ketones is 1. The number of ether oxygens (including phenoxy) is 3. The number of fused-ring (bicyclic) bond motifs is 3. The van der Waals surface area contributed by atoms with Gasteiger partial charge in [-0.1, -0.05) is 50.1 Å². The summed E-state index contributed by atoms with van der Waals surface area (Å²) in [7, 11) is -2.57. The number of sulfonamides is 1. The molecule has 2 saturated carbocycles. The van der Waals surface area contributed by atoms with Crippen molar-refractivity contribution in [2.24, 2.45) is 29.1 Å². The Bertz CT molecular complexity index is 2130. The molecule has 324 valence electrons. The van der Waals surface area contributed by atoms with Crippen molar-refractivity contribution in [1.82, 2.24) is 14.6 Å². The minimum Gasteiger partial charge on any atom is -0.494 e. The summed E-state index contributed by atoms with van der Waals surface area (Å²) in [5, 5.41) is 1.40. The predicted octanol–water partition coefficient (Wildman–Crippen LogP) is 7.50. The molecule has 0 radical (unpaired) electrons. The molecule has 12 nitrogen and oxygen atoms in total. The predicted molar refractivity (Wildman–Crippen MR) is 213 cm³/mol. The van der Waals surface area contributed by atoms with E-state index in [9.17, 15) is 36.0 Å². The summed E-state index contributed by atoms with van der Waals surface area (Å²) in [5.74, 6) is -4.66. The number of nitrogens with zero attached hydrogens (tertiary/aromatic N) is 2. The van der Waals surface area contributed by atoms with Gasteiger partial charge >= 0.3 is 12.1 Å². The van der Waals surface area contributed by atoms with Crippen molar-refractivity contribution < 1.29 is 55.0 Å². The first-order valence-corrected chi connectivity index (χ1v) is 22.1. The van der Waals surface area contributed by atoms with E-state index in [2.05, 4.69) is 9.71 Å². The molecule has 3 fully saturated rings. The monoisotopic (exact) mass is 867 g/mol. The van der Waals surface area contributed by atoms with Crippen LogP contribution in [-0.2, 0) is 33.9 Å². The van der Waals surface area contributed by atoms with E-state index >= 15 is 4.79 Å². The van der Waals surface area contributed by atoms with Crippen LogP contribution < -0.4 is 14.2 Å². The lowest BCUT2D eigenvalue weighted by atomic mass is 9.79. The van der Waals surface area contributed by atoms with Gasteiger partial charge in [0.05, 0.1) is 53.4 Å². The van der Waals surface area contributed by atoms with Gasteiger partial charge in [-0.15, -0.1) is 0 Å². The van der Waals surface area contributed by atoms with Crippen LogP contribution in [-0.4, -0.2) is 84.2 Å². The molecule has 3 heterocycles. The Balaban J connectivity index is 1.38. The number of amides is 2. The molecule has 2 amide bonds. The van der Waals surface area contributed by atoms with Gasteiger partial charge in [-0.3, -0.25) is 23.9 Å². The second-order valence-electron chi connectivity index (χ2n) is 17.6. The number of pyridine rings is 1. The standard InChI is InChI=1S/C42H53ClF3N3O9S/c1-7-25-17-24(2)11-8-9-12-26-20-41(26,38(53)48-59(54,55)40(5)15-16-40)21-32(50)31-18-27(57-36-28-13-10-14-30(43)35(28)33(56-6)22-47-36)23-49(31)37(52)29(25)19-34(51)58-39(3,4)42(44,45)46/h9-10,12-14,22,24-27,29,31H,7-8,11,15-21,23H2,1-6H3,(H,48,53)/b12-9-/t24-,25-,26-,27-,29+,31+,41-/m1/s1. The van der Waals surface area contributed by atoms with E-state index in [1.54, 1.807) is 25.1 Å². The van der Waals surface area contributed by atoms with Crippen molar-refractivity contribution in [2.45, 2.75) is 127 Å². The highest BCUT2D eigenvalue weighted by Crippen LogP contribution is 2.58. The molecule has 2 aliphatic heterocycles. The molecule has 7 atom stereocenters. The normalized spacial score (nSPS) is 29.4. The van der Waals surface area contributed by atoms with Gasteiger partial charge in [-0.25, -0.2) is 13.4 Å². The zero-order valence-corrected chi connectivity index (χ0v) is 35.8. The molecular formula is C42H53ClF3N3O9S. The third kappa shape index (κ3) is 9.08. The maximum Gasteiger partial charge on any atom is 0.427 e. The van der Waals surface area contributed by atoms with E-state index in [4.69, 9.17) is 25.8 Å². The van der Waals surface area contributed by atoms with Crippen molar-refractivity contribution in [3.8, 4) is 11.6 Å². The average molecular weight is 868 g/mol. The smallest absolute Gasteiger partial charge is 0.427 e. The van der Waals surface area contributed by atoms with Gasteiger partial charge < -0.3 is 19.1 Å². The third-order valence-corrected chi connectivity index (χ3v) is 15.3. The Labute approximate surface area is 348 Å². The number of hydrogen-bond donors (Lipinski definition) is 1. The molecule has 6 rings (SSSR count). The quantitative estimate of drug-likeness (QED) is 0.187. The molecule has 2 aromatic rings. The highest BCUT2D eigenvalue weighted by Gasteiger charge is 2.63. The first-order chi connectivity index (χ1) is 27.6. The lowest BCUT2D eigenvalue weighted by Gasteiger charge is -2.34. The Morgan fingerprint density at radius 3 is 2.49 bits per heavy atom. The van der Waals surface area contributed by atoms with Crippen LogP contribution in [0.4, 0.5) is 13.2 Å². The number of nitrogens with one attached hydrogen (secondary N) is 1. The fourth-order valence-corrected chi connectivity index (χ4v) is 10.1. The van der Waals surface area contributed by atoms with Crippen molar-refractivity contribution in [1.29, 1.82) is 0 Å². The molecule has 0 bridgehead atoms. The van der Waals surface area contributed by atoms with E-state index in [-0.39, 0.29) is 37.6 Å². The molecule has 4 aliphatic rings. The first-order valence-electron chi connectivity index (χ1n) is 20.2. The molecule has 1 aromatic heterocycles. The van der Waals surface area contributed by atoms with Gasteiger partial charge in [0.2, 0.25) is 33.3 Å². The zero-order valence-electron chi connectivity index (χ0n) is 34.2. The number of benzene rings is 1. The first kappa shape index (κ1) is 44.6. The van der Waals surface area contributed by atoms with Gasteiger partial charge in [-0.05, 0) is 89.2 Å². The van der Waals surface area contributed by atoms with Crippen LogP contribution in [0.25, 0.3) is 10.8 Å². The minimum absolute atomic E-state index is 0.0118. The SMILES string of the molecule is CC[C@@H]1C[C@H](C)CC/C=C\[C@@H]2C[C@@]2(C(=O)NS(=O)(=O)C2(C)CC2)CC(=O)[C@@H]2C[C@@H](Oc3ncc(OC)c4c(Cl)cccc34)CN2C(=O)[C@H]1CC(=O)OC(C)(C)C(F)(F)F. The summed E-state index contributed by atoms with van der Waals surface area (Å²) in [5.41, 5.74) is -4.22. The van der Waals surface area contributed by atoms with Crippen LogP contribution in [0.3, 0.4) is 0 Å². The van der Waals surface area contributed by atoms with E-state index in [0.29, 0.717) is 60.1 Å². The molecule has 0 spiro atoms. The van der Waals surface area contributed by atoms with Crippen molar-refractivity contribution in [3.63, 3.8) is 0 Å². The number of aromatic nitrogens is 1. The summed E-state index contributed by atoms with van der Waals surface area (Å²) in [4.78, 5) is 62.9. The molecule has 1 aromatic carbocycles. The van der Waals surface area contributed by atoms with Gasteiger partial charge in [0.15, 0.2) is 5.78 Å². The highest BCUT2D eigenvalue weighted by atomic mass is 35.5. The lowest BCUT2D eigenvalue weighted by Crippen LogP contribution is -2.49. The Morgan fingerprint density at radius 2 is 1.85 bits per heavy atom. The Hall–Kier alpha value is -3.92. The summed E-state index contributed by atoms with van der Waals surface area (Å²) < 4.78 is 86.1. The maximum atomic E-state index is 15.0. The van der Waals surface area contributed by atoms with Crippen LogP contribution in [0.1, 0.15) is 98.8 Å². The second-order valence-corrected chi connectivity index (χ2v) is 20.2. The highest BCUT2D eigenvalue weighted by molar-refractivity contribution is 7.91. The van der Waals surface area contributed by atoms with E-state index in [1.165, 1.54) is 18.2 Å². The van der Waals surface area contributed by atoms with Gasteiger partial charge in [0.25, 0.3) is 0 Å². The number of esters is 1. The average Bonchev–Trinajstić information content (AvgIpc) is 4.04. The number of rotatable bonds is 10. The number of hydrogen-bond acceptors (Lipinski definition) is 10. The summed E-state index contributed by atoms with van der Waals surface area (Å²) in [6.07, 6.45) is 1.50. The van der Waals surface area contributed by atoms with Crippen molar-refractivity contribution in [2.75, 3.05) is 13.7 Å². The topological polar surface area (TPSA) is 158 Å². The molecule has 0 unspecified atom stereocenters. The number of methoxy groups -OCH3 is 1. The number of alkyl halides is 3. The summed E-state index contributed by atoms with van der Waals surface area (Å²) in [6, 6.07) is 3.91. The van der Waals surface area contributed by atoms with Crippen LogP contribution in [0, 0.1) is 29.1 Å². The zero-order chi connectivity index (χ0) is 43.3. The molecule has 1 saturated heterocycles. The molecule has 2 aliphatic carbocycles. The second kappa shape index (κ2) is 16.5. The maximum absolute atomic E-state index is 15.0. The van der Waals surface area contributed by atoms with Crippen LogP contribution in [0.15, 0.2) is 36.5 Å².